The number of benzene rings is 1. The Bertz CT molecular complexity index is 762. The van der Waals surface area contributed by atoms with Gasteiger partial charge in [0.05, 0.1) is 11.3 Å². The summed E-state index contributed by atoms with van der Waals surface area (Å²) in [5, 5.41) is 7.60. The predicted molar refractivity (Wildman–Crippen MR) is 90.3 cm³/mol. The van der Waals surface area contributed by atoms with E-state index in [0.29, 0.717) is 36.6 Å². The summed E-state index contributed by atoms with van der Waals surface area (Å²) in [4.78, 5) is 16.0. The van der Waals surface area contributed by atoms with Gasteiger partial charge in [-0.1, -0.05) is 18.2 Å². The van der Waals surface area contributed by atoms with Crippen LogP contribution in [0.15, 0.2) is 48.7 Å². The third-order valence-electron chi connectivity index (χ3n) is 3.11. The Morgan fingerprint density at radius 1 is 1.12 bits per heavy atom. The zero-order valence-corrected chi connectivity index (χ0v) is 13.8. The number of nitrogens with zero attached hydrogens (tertiary/aromatic N) is 1. The molecule has 1 heterocycles. The summed E-state index contributed by atoms with van der Waals surface area (Å²) in [7, 11) is -3.44. The van der Waals surface area contributed by atoms with Gasteiger partial charge in [-0.05, 0) is 31.0 Å². The highest BCUT2D eigenvalue weighted by atomic mass is 32.2. The molecule has 0 fully saturated rings. The molecule has 0 saturated carbocycles. The Hall–Kier alpha value is -2.45. The number of aromatic nitrogens is 1. The zero-order chi connectivity index (χ0) is 17.4. The van der Waals surface area contributed by atoms with E-state index in [2.05, 4.69) is 10.3 Å². The molecule has 0 atom stereocenters. The largest absolute Gasteiger partial charge is 0.439 e. The molecule has 0 aliphatic rings. The van der Waals surface area contributed by atoms with Crippen molar-refractivity contribution in [2.24, 2.45) is 5.14 Å². The van der Waals surface area contributed by atoms with E-state index >= 15 is 0 Å². The van der Waals surface area contributed by atoms with Crippen LogP contribution in [0.1, 0.15) is 23.2 Å². The maximum Gasteiger partial charge on any atom is 0.252 e. The van der Waals surface area contributed by atoms with Crippen molar-refractivity contribution in [2.75, 3.05) is 12.3 Å². The second kappa shape index (κ2) is 8.42. The molecule has 2 aromatic rings. The molecule has 8 heteroatoms. The van der Waals surface area contributed by atoms with Crippen molar-refractivity contribution in [3.63, 3.8) is 0 Å². The normalized spacial score (nSPS) is 11.0. The maximum absolute atomic E-state index is 11.9. The smallest absolute Gasteiger partial charge is 0.252 e. The van der Waals surface area contributed by atoms with E-state index in [0.717, 1.165) is 0 Å². The highest BCUT2D eigenvalue weighted by molar-refractivity contribution is 7.89. The van der Waals surface area contributed by atoms with Gasteiger partial charge in [0.15, 0.2) is 0 Å². The Balaban J connectivity index is 1.79. The second-order valence-electron chi connectivity index (χ2n) is 5.13. The van der Waals surface area contributed by atoms with E-state index in [1.165, 1.54) is 6.20 Å². The van der Waals surface area contributed by atoms with Crippen LogP contribution in [-0.2, 0) is 10.0 Å². The van der Waals surface area contributed by atoms with Crippen LogP contribution in [0, 0.1) is 0 Å². The molecule has 1 aromatic heterocycles. The third-order valence-corrected chi connectivity index (χ3v) is 3.96. The summed E-state index contributed by atoms with van der Waals surface area (Å²) in [5.41, 5.74) is 0.404. The number of para-hydroxylation sites is 1. The first-order valence-corrected chi connectivity index (χ1v) is 9.13. The summed E-state index contributed by atoms with van der Waals surface area (Å²) < 4.78 is 27.1. The van der Waals surface area contributed by atoms with Crippen LogP contribution in [0.5, 0.6) is 11.6 Å². The number of carbonyl (C=O) groups excluding carboxylic acids is 1. The van der Waals surface area contributed by atoms with E-state index < -0.39 is 10.0 Å². The fraction of sp³-hybridized carbons (Fsp3) is 0.250. The molecule has 0 aliphatic carbocycles. The van der Waals surface area contributed by atoms with Gasteiger partial charge in [0.25, 0.3) is 5.91 Å². The Kier molecular flexibility index (Phi) is 6.28. The number of hydrogen-bond acceptors (Lipinski definition) is 5. The average molecular weight is 349 g/mol. The van der Waals surface area contributed by atoms with Crippen LogP contribution >= 0.6 is 0 Å². The minimum absolute atomic E-state index is 0.0874. The molecule has 2 rings (SSSR count). The standard InChI is InChI=1S/C16H19N3O4S/c17-24(21,22)11-5-4-10-18-16(20)13-8-9-15(19-12-13)23-14-6-2-1-3-7-14/h1-3,6-9,12H,4-5,10-11H2,(H,18,20)(H2,17,21,22). The molecule has 24 heavy (non-hydrogen) atoms. The number of sulfonamides is 1. The molecule has 0 radical (unpaired) electrons. The van der Waals surface area contributed by atoms with Crippen LogP contribution in [-0.4, -0.2) is 31.6 Å². The van der Waals surface area contributed by atoms with Crippen molar-refractivity contribution in [1.29, 1.82) is 0 Å². The van der Waals surface area contributed by atoms with Gasteiger partial charge in [0, 0.05) is 18.8 Å². The molecule has 0 spiro atoms. The lowest BCUT2D eigenvalue weighted by molar-refractivity contribution is 0.0953. The summed E-state index contributed by atoms with van der Waals surface area (Å²) in [6.07, 6.45) is 2.37. The van der Waals surface area contributed by atoms with Gasteiger partial charge in [-0.15, -0.1) is 0 Å². The Morgan fingerprint density at radius 2 is 1.88 bits per heavy atom. The van der Waals surface area contributed by atoms with E-state index in [1.54, 1.807) is 12.1 Å². The van der Waals surface area contributed by atoms with Gasteiger partial charge < -0.3 is 10.1 Å². The van der Waals surface area contributed by atoms with Crippen molar-refractivity contribution < 1.29 is 17.9 Å². The number of carbonyl (C=O) groups is 1. The van der Waals surface area contributed by atoms with Crippen molar-refractivity contribution in [3.8, 4) is 11.6 Å². The van der Waals surface area contributed by atoms with Gasteiger partial charge in [-0.3, -0.25) is 4.79 Å². The van der Waals surface area contributed by atoms with E-state index in [9.17, 15) is 13.2 Å². The van der Waals surface area contributed by atoms with Crippen LogP contribution in [0.25, 0.3) is 0 Å². The molecule has 0 unspecified atom stereocenters. The molecular formula is C16H19N3O4S. The van der Waals surface area contributed by atoms with Crippen molar-refractivity contribution in [1.82, 2.24) is 10.3 Å². The highest BCUT2D eigenvalue weighted by Crippen LogP contribution is 2.18. The molecule has 1 aromatic carbocycles. The Morgan fingerprint density at radius 3 is 2.50 bits per heavy atom. The number of nitrogens with two attached hydrogens (primary N) is 1. The fourth-order valence-electron chi connectivity index (χ4n) is 1.92. The number of hydrogen-bond donors (Lipinski definition) is 2. The molecule has 3 N–H and O–H groups in total. The number of rotatable bonds is 8. The molecule has 128 valence electrons. The zero-order valence-electron chi connectivity index (χ0n) is 13.0. The SMILES string of the molecule is NS(=O)(=O)CCCCNC(=O)c1ccc(Oc2ccccc2)nc1. The predicted octanol–water partition coefficient (Wildman–Crippen LogP) is 1.67. The van der Waals surface area contributed by atoms with Crippen LogP contribution in [0.3, 0.4) is 0 Å². The minimum atomic E-state index is -3.44. The molecule has 0 bridgehead atoms. The van der Waals surface area contributed by atoms with Gasteiger partial charge in [-0.2, -0.15) is 0 Å². The van der Waals surface area contributed by atoms with Crippen molar-refractivity contribution >= 4 is 15.9 Å². The monoisotopic (exact) mass is 349 g/mol. The molecule has 0 aliphatic heterocycles. The number of pyridine rings is 1. The number of amides is 1. The quantitative estimate of drug-likeness (QED) is 0.704. The first-order chi connectivity index (χ1) is 11.4. The number of primary sulfonamides is 1. The molecule has 1 amide bonds. The summed E-state index contributed by atoms with van der Waals surface area (Å²) >= 11 is 0. The Labute approximate surface area is 140 Å². The number of unbranched alkanes of at least 4 members (excludes halogenated alkanes) is 1. The van der Waals surface area contributed by atoms with Gasteiger partial charge >= 0.3 is 0 Å². The van der Waals surface area contributed by atoms with E-state index in [1.807, 2.05) is 30.3 Å². The molecule has 7 nitrogen and oxygen atoms in total. The number of ether oxygens (including phenoxy) is 1. The second-order valence-corrected chi connectivity index (χ2v) is 6.86. The van der Waals surface area contributed by atoms with Gasteiger partial charge in [-0.25, -0.2) is 18.5 Å². The molecule has 0 saturated heterocycles. The lowest BCUT2D eigenvalue weighted by Gasteiger charge is -2.07. The van der Waals surface area contributed by atoms with Crippen LogP contribution in [0.4, 0.5) is 0 Å². The number of nitrogens with one attached hydrogen (secondary N) is 1. The van der Waals surface area contributed by atoms with Crippen LogP contribution < -0.4 is 15.2 Å². The topological polar surface area (TPSA) is 111 Å². The lowest BCUT2D eigenvalue weighted by Crippen LogP contribution is -2.25. The lowest BCUT2D eigenvalue weighted by atomic mass is 10.2. The fourth-order valence-corrected chi connectivity index (χ4v) is 2.52. The first kappa shape index (κ1) is 17.9. The minimum Gasteiger partial charge on any atom is -0.439 e. The van der Waals surface area contributed by atoms with Crippen molar-refractivity contribution in [2.45, 2.75) is 12.8 Å². The summed E-state index contributed by atoms with van der Waals surface area (Å²) in [6, 6.07) is 12.4. The van der Waals surface area contributed by atoms with Gasteiger partial charge in [0.1, 0.15) is 5.75 Å². The van der Waals surface area contributed by atoms with Crippen LogP contribution in [0.2, 0.25) is 0 Å². The summed E-state index contributed by atoms with van der Waals surface area (Å²) in [5.74, 6) is 0.697. The first-order valence-electron chi connectivity index (χ1n) is 7.42. The maximum atomic E-state index is 11.9. The third kappa shape index (κ3) is 6.35. The highest BCUT2D eigenvalue weighted by Gasteiger charge is 2.07. The average Bonchev–Trinajstić information content (AvgIpc) is 2.55. The van der Waals surface area contributed by atoms with Crippen molar-refractivity contribution in [3.05, 3.63) is 54.2 Å². The van der Waals surface area contributed by atoms with Gasteiger partial charge in [0.2, 0.25) is 15.9 Å². The van der Waals surface area contributed by atoms with E-state index in [4.69, 9.17) is 9.88 Å². The van der Waals surface area contributed by atoms with E-state index in [-0.39, 0.29) is 11.7 Å². The summed E-state index contributed by atoms with van der Waals surface area (Å²) in [6.45, 7) is 0.372. The molecular weight excluding hydrogens is 330 g/mol.